The Balaban J connectivity index is 1.86. The lowest BCUT2D eigenvalue weighted by Crippen LogP contribution is -2.32. The fraction of sp³-hybridized carbons (Fsp3) is 0.190. The standard InChI is InChI=1S/C21H21N5O3/c1-12-4-7-17(11-23-12)29-16-8-5-15(6-9-16)21-25-18(14(3)27)10-19(26-21)24-13(2)20(22)28/h4-11,13H,1-3H3,(H2,22,28)(H,24,25,26)/t13-/m0/s1. The Bertz CT molecular complexity index is 1030. The van der Waals surface area contributed by atoms with Crippen LogP contribution < -0.4 is 15.8 Å². The van der Waals surface area contributed by atoms with Gasteiger partial charge in [-0.2, -0.15) is 0 Å². The number of aromatic nitrogens is 3. The third-order valence-corrected chi connectivity index (χ3v) is 4.11. The van der Waals surface area contributed by atoms with E-state index in [0.717, 1.165) is 5.69 Å². The van der Waals surface area contributed by atoms with Crippen LogP contribution in [0.25, 0.3) is 11.4 Å². The molecular weight excluding hydrogens is 370 g/mol. The van der Waals surface area contributed by atoms with Crippen molar-refractivity contribution in [3.05, 3.63) is 60.0 Å². The number of carbonyl (C=O) groups is 2. The Labute approximate surface area is 168 Å². The number of aryl methyl sites for hydroxylation is 1. The zero-order valence-corrected chi connectivity index (χ0v) is 16.3. The molecule has 8 nitrogen and oxygen atoms in total. The number of Topliss-reactive ketones (excluding diaryl/α,β-unsaturated/α-hetero) is 1. The lowest BCUT2D eigenvalue weighted by Gasteiger charge is -2.13. The van der Waals surface area contributed by atoms with Gasteiger partial charge in [0, 0.05) is 24.2 Å². The van der Waals surface area contributed by atoms with Gasteiger partial charge in [0.15, 0.2) is 11.6 Å². The van der Waals surface area contributed by atoms with E-state index in [1.54, 1.807) is 37.4 Å². The number of nitrogens with one attached hydrogen (secondary N) is 1. The Hall–Kier alpha value is -3.81. The van der Waals surface area contributed by atoms with Crippen molar-refractivity contribution in [3.8, 4) is 22.9 Å². The van der Waals surface area contributed by atoms with Gasteiger partial charge in [0.25, 0.3) is 0 Å². The van der Waals surface area contributed by atoms with Gasteiger partial charge >= 0.3 is 0 Å². The van der Waals surface area contributed by atoms with Crippen molar-refractivity contribution in [3.63, 3.8) is 0 Å². The van der Waals surface area contributed by atoms with Crippen LogP contribution in [-0.4, -0.2) is 32.7 Å². The van der Waals surface area contributed by atoms with Crippen LogP contribution in [0.3, 0.4) is 0 Å². The van der Waals surface area contributed by atoms with E-state index in [1.165, 1.54) is 13.0 Å². The molecule has 1 aromatic carbocycles. The molecule has 3 rings (SSSR count). The second-order valence-corrected chi connectivity index (χ2v) is 6.55. The molecule has 0 spiro atoms. The number of amides is 1. The van der Waals surface area contributed by atoms with Crippen molar-refractivity contribution >= 4 is 17.5 Å². The average Bonchev–Trinajstić information content (AvgIpc) is 2.70. The molecule has 3 N–H and O–H groups in total. The summed E-state index contributed by atoms with van der Waals surface area (Å²) in [6, 6.07) is 11.7. The van der Waals surface area contributed by atoms with Gasteiger partial charge in [0.05, 0.1) is 6.20 Å². The maximum atomic E-state index is 11.8. The zero-order valence-electron chi connectivity index (χ0n) is 16.3. The summed E-state index contributed by atoms with van der Waals surface area (Å²) in [5.41, 5.74) is 7.12. The van der Waals surface area contributed by atoms with Crippen molar-refractivity contribution in [2.75, 3.05) is 5.32 Å². The van der Waals surface area contributed by atoms with Crippen molar-refractivity contribution in [1.29, 1.82) is 0 Å². The third kappa shape index (κ3) is 5.13. The molecule has 1 amide bonds. The second-order valence-electron chi connectivity index (χ2n) is 6.55. The number of primary amides is 1. The van der Waals surface area contributed by atoms with Gasteiger partial charge in [-0.1, -0.05) is 0 Å². The van der Waals surface area contributed by atoms with Crippen LogP contribution in [-0.2, 0) is 4.79 Å². The molecular formula is C21H21N5O3. The summed E-state index contributed by atoms with van der Waals surface area (Å²) in [6.07, 6.45) is 1.65. The average molecular weight is 391 g/mol. The number of rotatable bonds is 7. The number of hydrogen-bond acceptors (Lipinski definition) is 7. The summed E-state index contributed by atoms with van der Waals surface area (Å²) in [5.74, 6) is 1.21. The first-order valence-electron chi connectivity index (χ1n) is 8.98. The highest BCUT2D eigenvalue weighted by Gasteiger charge is 2.14. The van der Waals surface area contributed by atoms with Crippen molar-refractivity contribution in [2.24, 2.45) is 5.73 Å². The number of benzene rings is 1. The molecule has 2 aromatic heterocycles. The van der Waals surface area contributed by atoms with E-state index in [2.05, 4.69) is 20.3 Å². The van der Waals surface area contributed by atoms with Gasteiger partial charge < -0.3 is 15.8 Å². The predicted molar refractivity (Wildman–Crippen MR) is 109 cm³/mol. The number of nitrogens with two attached hydrogens (primary N) is 1. The zero-order chi connectivity index (χ0) is 21.0. The minimum absolute atomic E-state index is 0.213. The molecule has 8 heteroatoms. The summed E-state index contributed by atoms with van der Waals surface area (Å²) in [7, 11) is 0. The van der Waals surface area contributed by atoms with E-state index < -0.39 is 11.9 Å². The van der Waals surface area contributed by atoms with Crippen LogP contribution >= 0.6 is 0 Å². The van der Waals surface area contributed by atoms with E-state index >= 15 is 0 Å². The highest BCUT2D eigenvalue weighted by Crippen LogP contribution is 2.25. The topological polar surface area (TPSA) is 120 Å². The number of carbonyl (C=O) groups excluding carboxylic acids is 2. The summed E-state index contributed by atoms with van der Waals surface area (Å²) < 4.78 is 5.77. The maximum absolute atomic E-state index is 11.8. The largest absolute Gasteiger partial charge is 0.456 e. The molecule has 0 saturated heterocycles. The molecule has 0 saturated carbocycles. The monoisotopic (exact) mass is 391 g/mol. The number of ketones is 1. The Kier molecular flexibility index (Phi) is 5.82. The SMILES string of the molecule is CC(=O)c1cc(N[C@@H](C)C(N)=O)nc(-c2ccc(Oc3ccc(C)nc3)cc2)n1. The first-order valence-corrected chi connectivity index (χ1v) is 8.98. The second kappa shape index (κ2) is 8.47. The number of anilines is 1. The quantitative estimate of drug-likeness (QED) is 0.594. The summed E-state index contributed by atoms with van der Waals surface area (Å²) in [5, 5.41) is 2.89. The van der Waals surface area contributed by atoms with E-state index in [4.69, 9.17) is 10.5 Å². The van der Waals surface area contributed by atoms with Gasteiger partial charge in [-0.15, -0.1) is 0 Å². The maximum Gasteiger partial charge on any atom is 0.239 e. The Morgan fingerprint density at radius 1 is 1.07 bits per heavy atom. The first kappa shape index (κ1) is 19.9. The molecule has 1 atom stereocenters. The van der Waals surface area contributed by atoms with E-state index in [1.807, 2.05) is 19.1 Å². The van der Waals surface area contributed by atoms with Crippen LogP contribution in [0.15, 0.2) is 48.7 Å². The number of pyridine rings is 1. The van der Waals surface area contributed by atoms with Gasteiger partial charge in [-0.05, 0) is 50.2 Å². The van der Waals surface area contributed by atoms with Crippen molar-refractivity contribution in [2.45, 2.75) is 26.8 Å². The Morgan fingerprint density at radius 3 is 2.34 bits per heavy atom. The highest BCUT2D eigenvalue weighted by atomic mass is 16.5. The minimum Gasteiger partial charge on any atom is -0.456 e. The lowest BCUT2D eigenvalue weighted by atomic mass is 10.2. The smallest absolute Gasteiger partial charge is 0.239 e. The molecule has 0 radical (unpaired) electrons. The number of hydrogen-bond donors (Lipinski definition) is 2. The van der Waals surface area contributed by atoms with Gasteiger partial charge in [0.2, 0.25) is 5.91 Å². The molecule has 0 aliphatic carbocycles. The van der Waals surface area contributed by atoms with Gasteiger partial charge in [0.1, 0.15) is 29.1 Å². The van der Waals surface area contributed by atoms with Crippen molar-refractivity contribution in [1.82, 2.24) is 15.0 Å². The lowest BCUT2D eigenvalue weighted by molar-refractivity contribution is -0.118. The predicted octanol–water partition coefficient (Wildman–Crippen LogP) is 3.13. The fourth-order valence-corrected chi connectivity index (χ4v) is 2.45. The molecule has 3 aromatic rings. The van der Waals surface area contributed by atoms with Crippen LogP contribution in [0.4, 0.5) is 5.82 Å². The molecule has 0 unspecified atom stereocenters. The normalized spacial score (nSPS) is 11.6. The van der Waals surface area contributed by atoms with Crippen molar-refractivity contribution < 1.29 is 14.3 Å². The van der Waals surface area contributed by atoms with E-state index in [-0.39, 0.29) is 11.5 Å². The molecule has 0 fully saturated rings. The molecule has 0 aliphatic rings. The van der Waals surface area contributed by atoms with Crippen LogP contribution in [0, 0.1) is 6.92 Å². The minimum atomic E-state index is -0.642. The Morgan fingerprint density at radius 2 is 1.76 bits per heavy atom. The summed E-state index contributed by atoms with van der Waals surface area (Å²) >= 11 is 0. The molecule has 0 bridgehead atoms. The summed E-state index contributed by atoms with van der Waals surface area (Å²) in [4.78, 5) is 36.1. The highest BCUT2D eigenvalue weighted by molar-refractivity contribution is 5.93. The van der Waals surface area contributed by atoms with Crippen LogP contribution in [0.2, 0.25) is 0 Å². The van der Waals surface area contributed by atoms with Gasteiger partial charge in [-0.3, -0.25) is 14.6 Å². The first-order chi connectivity index (χ1) is 13.8. The fourth-order valence-electron chi connectivity index (χ4n) is 2.45. The van der Waals surface area contributed by atoms with Crippen LogP contribution in [0.1, 0.15) is 30.0 Å². The van der Waals surface area contributed by atoms with Gasteiger partial charge in [-0.25, -0.2) is 9.97 Å². The molecule has 148 valence electrons. The molecule has 0 aliphatic heterocycles. The molecule has 2 heterocycles. The van der Waals surface area contributed by atoms with E-state index in [9.17, 15) is 9.59 Å². The number of ether oxygens (including phenoxy) is 1. The summed E-state index contributed by atoms with van der Waals surface area (Å²) in [6.45, 7) is 4.94. The third-order valence-electron chi connectivity index (χ3n) is 4.11. The van der Waals surface area contributed by atoms with Crippen LogP contribution in [0.5, 0.6) is 11.5 Å². The number of nitrogens with zero attached hydrogens (tertiary/aromatic N) is 3. The molecule has 29 heavy (non-hydrogen) atoms. The van der Waals surface area contributed by atoms with E-state index in [0.29, 0.717) is 28.7 Å².